The van der Waals surface area contributed by atoms with Gasteiger partial charge in [0.2, 0.25) is 0 Å². The SMILES string of the molecule is Cc1cc(C(=O)N(C)Cc2ccc([C@@H]3C[C@H]3C)o2)no1. The summed E-state index contributed by atoms with van der Waals surface area (Å²) in [6.45, 7) is 4.42. The summed E-state index contributed by atoms with van der Waals surface area (Å²) in [5.74, 6) is 3.57. The Morgan fingerprint density at radius 2 is 2.25 bits per heavy atom. The zero-order valence-electron chi connectivity index (χ0n) is 11.9. The molecule has 1 amide bonds. The molecule has 1 saturated carbocycles. The van der Waals surface area contributed by atoms with Gasteiger partial charge in [0.15, 0.2) is 5.69 Å². The maximum absolute atomic E-state index is 12.1. The van der Waals surface area contributed by atoms with Gasteiger partial charge in [-0.2, -0.15) is 0 Å². The molecule has 106 valence electrons. The Hall–Kier alpha value is -2.04. The monoisotopic (exact) mass is 274 g/mol. The number of nitrogens with zero attached hydrogens (tertiary/aromatic N) is 2. The lowest BCUT2D eigenvalue weighted by molar-refractivity contribution is 0.0764. The number of aromatic nitrogens is 1. The summed E-state index contributed by atoms with van der Waals surface area (Å²) < 4.78 is 10.7. The van der Waals surface area contributed by atoms with Gasteiger partial charge in [-0.3, -0.25) is 4.79 Å². The Balaban J connectivity index is 1.65. The highest BCUT2D eigenvalue weighted by atomic mass is 16.5. The molecule has 5 nitrogen and oxygen atoms in total. The number of amides is 1. The second-order valence-corrected chi connectivity index (χ2v) is 5.61. The van der Waals surface area contributed by atoms with E-state index in [0.29, 0.717) is 29.8 Å². The molecule has 1 fully saturated rings. The zero-order valence-corrected chi connectivity index (χ0v) is 11.9. The second kappa shape index (κ2) is 4.81. The van der Waals surface area contributed by atoms with Crippen LogP contribution in [-0.2, 0) is 6.54 Å². The lowest BCUT2D eigenvalue weighted by atomic mass is 10.3. The van der Waals surface area contributed by atoms with Crippen LogP contribution in [0.1, 0.15) is 47.0 Å². The first-order valence-electron chi connectivity index (χ1n) is 6.82. The smallest absolute Gasteiger partial charge is 0.276 e. The van der Waals surface area contributed by atoms with E-state index >= 15 is 0 Å². The van der Waals surface area contributed by atoms with Gasteiger partial charge in [0, 0.05) is 19.0 Å². The molecular formula is C15H18N2O3. The summed E-state index contributed by atoms with van der Waals surface area (Å²) in [4.78, 5) is 13.7. The van der Waals surface area contributed by atoms with E-state index in [-0.39, 0.29) is 5.91 Å². The molecule has 1 aliphatic rings. The van der Waals surface area contributed by atoms with Gasteiger partial charge in [-0.05, 0) is 31.4 Å². The molecule has 5 heteroatoms. The molecule has 0 aliphatic heterocycles. The number of furan rings is 1. The molecule has 2 aromatic rings. The van der Waals surface area contributed by atoms with Crippen LogP contribution < -0.4 is 0 Å². The van der Waals surface area contributed by atoms with Gasteiger partial charge in [-0.25, -0.2) is 0 Å². The van der Waals surface area contributed by atoms with Crippen molar-refractivity contribution < 1.29 is 13.7 Å². The Bertz CT molecular complexity index is 629. The number of carbonyl (C=O) groups is 1. The minimum absolute atomic E-state index is 0.167. The summed E-state index contributed by atoms with van der Waals surface area (Å²) in [7, 11) is 1.73. The summed E-state index contributed by atoms with van der Waals surface area (Å²) in [5, 5.41) is 3.73. The topological polar surface area (TPSA) is 59.5 Å². The predicted molar refractivity (Wildman–Crippen MR) is 72.3 cm³/mol. The van der Waals surface area contributed by atoms with E-state index in [1.54, 1.807) is 24.9 Å². The molecule has 0 N–H and O–H groups in total. The number of hydrogen-bond acceptors (Lipinski definition) is 4. The third kappa shape index (κ3) is 2.48. The first-order chi connectivity index (χ1) is 9.54. The van der Waals surface area contributed by atoms with Crippen LogP contribution in [0.5, 0.6) is 0 Å². The number of aryl methyl sites for hydroxylation is 1. The van der Waals surface area contributed by atoms with Crippen LogP contribution in [0.15, 0.2) is 27.1 Å². The van der Waals surface area contributed by atoms with Crippen LogP contribution in [-0.4, -0.2) is 23.0 Å². The minimum atomic E-state index is -0.167. The third-order valence-corrected chi connectivity index (χ3v) is 3.74. The highest BCUT2D eigenvalue weighted by Gasteiger charge is 2.36. The van der Waals surface area contributed by atoms with Crippen molar-refractivity contribution in [3.63, 3.8) is 0 Å². The molecule has 0 spiro atoms. The van der Waals surface area contributed by atoms with Crippen LogP contribution in [0.2, 0.25) is 0 Å². The minimum Gasteiger partial charge on any atom is -0.464 e. The van der Waals surface area contributed by atoms with Crippen molar-refractivity contribution in [1.29, 1.82) is 0 Å². The van der Waals surface area contributed by atoms with Gasteiger partial charge in [0.05, 0.1) is 6.54 Å². The zero-order chi connectivity index (χ0) is 14.3. The van der Waals surface area contributed by atoms with Gasteiger partial charge in [0.25, 0.3) is 5.91 Å². The van der Waals surface area contributed by atoms with Crippen LogP contribution >= 0.6 is 0 Å². The molecule has 3 rings (SSSR count). The van der Waals surface area contributed by atoms with Crippen LogP contribution in [0.4, 0.5) is 0 Å². The normalized spacial score (nSPS) is 20.9. The third-order valence-electron chi connectivity index (χ3n) is 3.74. The Morgan fingerprint density at radius 1 is 1.50 bits per heavy atom. The van der Waals surface area contributed by atoms with E-state index in [1.165, 1.54) is 6.42 Å². The molecule has 0 radical (unpaired) electrons. The Labute approximate surface area is 117 Å². The molecule has 0 saturated heterocycles. The molecule has 2 atom stereocenters. The van der Waals surface area contributed by atoms with Crippen LogP contribution in [0.25, 0.3) is 0 Å². The highest BCUT2D eigenvalue weighted by Crippen LogP contribution is 2.47. The van der Waals surface area contributed by atoms with Crippen molar-refractivity contribution in [2.75, 3.05) is 7.05 Å². The quantitative estimate of drug-likeness (QED) is 0.860. The summed E-state index contributed by atoms with van der Waals surface area (Å²) in [5.41, 5.74) is 0.326. The molecule has 0 unspecified atom stereocenters. The van der Waals surface area contributed by atoms with Crippen molar-refractivity contribution in [3.05, 3.63) is 41.2 Å². The highest BCUT2D eigenvalue weighted by molar-refractivity contribution is 5.91. The average molecular weight is 274 g/mol. The average Bonchev–Trinajstić information content (AvgIpc) is 2.80. The van der Waals surface area contributed by atoms with E-state index in [2.05, 4.69) is 12.1 Å². The van der Waals surface area contributed by atoms with E-state index in [9.17, 15) is 4.79 Å². The summed E-state index contributed by atoms with van der Waals surface area (Å²) in [6, 6.07) is 5.60. The molecule has 0 bridgehead atoms. The molecule has 1 aliphatic carbocycles. The lowest BCUT2D eigenvalue weighted by Crippen LogP contribution is -2.26. The lowest BCUT2D eigenvalue weighted by Gasteiger charge is -2.13. The standard InChI is InChI=1S/C15H18N2O3/c1-9-6-12(9)14-5-4-11(19-14)8-17(3)15(18)13-7-10(2)20-16-13/h4-5,7,9,12H,6,8H2,1-3H3/t9-,12-/m1/s1. The summed E-state index contributed by atoms with van der Waals surface area (Å²) in [6.07, 6.45) is 1.19. The van der Waals surface area contributed by atoms with Crippen LogP contribution in [0.3, 0.4) is 0 Å². The largest absolute Gasteiger partial charge is 0.464 e. The second-order valence-electron chi connectivity index (χ2n) is 5.61. The molecular weight excluding hydrogens is 256 g/mol. The van der Waals surface area contributed by atoms with Crippen molar-refractivity contribution in [2.24, 2.45) is 5.92 Å². The maximum Gasteiger partial charge on any atom is 0.276 e. The molecule has 2 aromatic heterocycles. The Morgan fingerprint density at radius 3 is 2.85 bits per heavy atom. The molecule has 20 heavy (non-hydrogen) atoms. The van der Waals surface area contributed by atoms with Gasteiger partial charge < -0.3 is 13.8 Å². The molecule has 2 heterocycles. The van der Waals surface area contributed by atoms with Crippen molar-refractivity contribution in [2.45, 2.75) is 32.7 Å². The van der Waals surface area contributed by atoms with Crippen molar-refractivity contribution in [1.82, 2.24) is 10.1 Å². The van der Waals surface area contributed by atoms with E-state index in [1.807, 2.05) is 12.1 Å². The first-order valence-corrected chi connectivity index (χ1v) is 6.82. The first kappa shape index (κ1) is 13.0. The van der Waals surface area contributed by atoms with Crippen molar-refractivity contribution >= 4 is 5.91 Å². The van der Waals surface area contributed by atoms with Gasteiger partial charge in [0.1, 0.15) is 17.3 Å². The van der Waals surface area contributed by atoms with E-state index < -0.39 is 0 Å². The maximum atomic E-state index is 12.1. The predicted octanol–water partition coefficient (Wildman–Crippen LogP) is 2.97. The van der Waals surface area contributed by atoms with Gasteiger partial charge >= 0.3 is 0 Å². The van der Waals surface area contributed by atoms with Crippen molar-refractivity contribution in [3.8, 4) is 0 Å². The van der Waals surface area contributed by atoms with E-state index in [4.69, 9.17) is 8.94 Å². The fourth-order valence-corrected chi connectivity index (χ4v) is 2.37. The Kier molecular flexibility index (Phi) is 3.12. The fourth-order valence-electron chi connectivity index (χ4n) is 2.37. The molecule has 0 aromatic carbocycles. The van der Waals surface area contributed by atoms with E-state index in [0.717, 1.165) is 11.5 Å². The number of rotatable bonds is 4. The number of hydrogen-bond donors (Lipinski definition) is 0. The fraction of sp³-hybridized carbons (Fsp3) is 0.467. The van der Waals surface area contributed by atoms with Gasteiger partial charge in [-0.1, -0.05) is 12.1 Å². The summed E-state index contributed by atoms with van der Waals surface area (Å²) >= 11 is 0. The number of carbonyl (C=O) groups excluding carboxylic acids is 1. The van der Waals surface area contributed by atoms with Gasteiger partial charge in [-0.15, -0.1) is 0 Å². The van der Waals surface area contributed by atoms with Crippen LogP contribution in [0, 0.1) is 12.8 Å².